The Balaban J connectivity index is 1.98. The van der Waals surface area contributed by atoms with Crippen LogP contribution in [-0.4, -0.2) is 5.91 Å². The Kier molecular flexibility index (Phi) is 5.51. The summed E-state index contributed by atoms with van der Waals surface area (Å²) in [5, 5.41) is 2.92. The molecule has 0 atom stereocenters. The molecule has 1 amide bonds. The van der Waals surface area contributed by atoms with Gasteiger partial charge in [-0.05, 0) is 52.5 Å². The summed E-state index contributed by atoms with van der Waals surface area (Å²) in [5.74, 6) is -0.0344. The zero-order valence-electron chi connectivity index (χ0n) is 12.4. The number of nitrogens with zero attached hydrogens (tertiary/aromatic N) is 1. The van der Waals surface area contributed by atoms with Crippen molar-refractivity contribution in [2.24, 2.45) is 0 Å². The fraction of sp³-hybridized carbons (Fsp3) is 0.294. The number of hydrogen-bond acceptors (Lipinski definition) is 1. The molecule has 0 saturated heterocycles. The van der Waals surface area contributed by atoms with Crippen LogP contribution in [0.5, 0.6) is 0 Å². The maximum Gasteiger partial charge on any atom is 0.290 e. The van der Waals surface area contributed by atoms with E-state index in [1.165, 1.54) is 5.56 Å². The summed E-state index contributed by atoms with van der Waals surface area (Å²) in [7, 11) is 0. The van der Waals surface area contributed by atoms with Crippen molar-refractivity contribution >= 4 is 27.5 Å². The predicted octanol–water partition coefficient (Wildman–Crippen LogP) is 3.64. The first-order valence-electron chi connectivity index (χ1n) is 7.12. The summed E-state index contributed by atoms with van der Waals surface area (Å²) < 4.78 is 2.79. The number of aromatic nitrogens is 1. The van der Waals surface area contributed by atoms with E-state index in [1.54, 1.807) is 0 Å². The van der Waals surface area contributed by atoms with E-state index in [2.05, 4.69) is 40.3 Å². The minimum atomic E-state index is -0.0344. The van der Waals surface area contributed by atoms with Gasteiger partial charge in [-0.3, -0.25) is 4.79 Å². The molecule has 0 saturated carbocycles. The molecule has 1 aromatic heterocycles. The van der Waals surface area contributed by atoms with Gasteiger partial charge in [0.2, 0.25) is 6.54 Å². The van der Waals surface area contributed by atoms with Gasteiger partial charge in [0.25, 0.3) is 5.91 Å². The summed E-state index contributed by atoms with van der Waals surface area (Å²) >= 11 is 3.47. The van der Waals surface area contributed by atoms with Gasteiger partial charge >= 0.3 is 0 Å². The molecule has 2 aromatic rings. The van der Waals surface area contributed by atoms with E-state index in [-0.39, 0.29) is 5.91 Å². The van der Waals surface area contributed by atoms with Crippen molar-refractivity contribution in [3.8, 4) is 0 Å². The summed E-state index contributed by atoms with van der Waals surface area (Å²) in [6.45, 7) is 4.49. The van der Waals surface area contributed by atoms with Crippen LogP contribution in [0.2, 0.25) is 0 Å². The highest BCUT2D eigenvalue weighted by atomic mass is 79.9. The highest BCUT2D eigenvalue weighted by Gasteiger charge is 2.11. The molecular formula is C17H20BrN2O+. The van der Waals surface area contributed by atoms with Crippen molar-refractivity contribution in [2.75, 3.05) is 5.32 Å². The topological polar surface area (TPSA) is 33.0 Å². The molecule has 21 heavy (non-hydrogen) atoms. The molecule has 110 valence electrons. The molecule has 1 heterocycles. The standard InChI is InChI=1S/C17H19BrN2O/c1-3-4-14-7-9-20(10-8-14)12-17(21)19-16-6-5-13(2)11-15(16)18/h5-11H,3-4,12H2,1-2H3/p+1. The van der Waals surface area contributed by atoms with Crippen molar-refractivity contribution in [1.82, 2.24) is 0 Å². The van der Waals surface area contributed by atoms with Crippen LogP contribution in [0.4, 0.5) is 5.69 Å². The smallest absolute Gasteiger partial charge is 0.290 e. The lowest BCUT2D eigenvalue weighted by molar-refractivity contribution is -0.684. The second-order valence-corrected chi connectivity index (χ2v) is 6.01. The number of hydrogen-bond donors (Lipinski definition) is 1. The second kappa shape index (κ2) is 7.36. The van der Waals surface area contributed by atoms with Gasteiger partial charge < -0.3 is 5.32 Å². The molecule has 0 aliphatic rings. The molecule has 1 N–H and O–H groups in total. The van der Waals surface area contributed by atoms with Crippen LogP contribution in [-0.2, 0) is 17.8 Å². The zero-order valence-corrected chi connectivity index (χ0v) is 14.0. The first kappa shape index (κ1) is 15.7. The Labute approximate surface area is 134 Å². The molecule has 3 nitrogen and oxygen atoms in total. The first-order chi connectivity index (χ1) is 10.1. The molecule has 0 fully saturated rings. The number of carbonyl (C=O) groups is 1. The number of halogens is 1. The lowest BCUT2D eigenvalue weighted by atomic mass is 10.1. The third-order valence-corrected chi connectivity index (χ3v) is 3.88. The fourth-order valence-electron chi connectivity index (χ4n) is 2.13. The summed E-state index contributed by atoms with van der Waals surface area (Å²) in [4.78, 5) is 12.1. The predicted molar refractivity (Wildman–Crippen MR) is 88.1 cm³/mol. The van der Waals surface area contributed by atoms with Crippen molar-refractivity contribution in [2.45, 2.75) is 33.2 Å². The summed E-state index contributed by atoms with van der Waals surface area (Å²) in [6.07, 6.45) is 6.11. The average Bonchev–Trinajstić information content (AvgIpc) is 2.44. The maximum absolute atomic E-state index is 12.1. The van der Waals surface area contributed by atoms with E-state index in [9.17, 15) is 4.79 Å². The lowest BCUT2D eigenvalue weighted by Gasteiger charge is -2.06. The number of benzene rings is 1. The average molecular weight is 348 g/mol. The maximum atomic E-state index is 12.1. The molecule has 2 rings (SSSR count). The molecule has 0 aliphatic carbocycles. The summed E-state index contributed by atoms with van der Waals surface area (Å²) in [5.41, 5.74) is 3.25. The van der Waals surface area contributed by atoms with Gasteiger partial charge in [-0.25, -0.2) is 0 Å². The zero-order chi connectivity index (χ0) is 15.2. The number of amides is 1. The molecule has 0 bridgehead atoms. The van der Waals surface area contributed by atoms with E-state index < -0.39 is 0 Å². The molecule has 1 aromatic carbocycles. The fourth-order valence-corrected chi connectivity index (χ4v) is 2.72. The highest BCUT2D eigenvalue weighted by Crippen LogP contribution is 2.23. The van der Waals surface area contributed by atoms with Crippen LogP contribution in [0.1, 0.15) is 24.5 Å². The SMILES string of the molecule is CCCc1cc[n+](CC(=O)Nc2ccc(C)cc2Br)cc1. The van der Waals surface area contributed by atoms with Crippen molar-refractivity contribution in [3.05, 3.63) is 58.3 Å². The van der Waals surface area contributed by atoms with Crippen molar-refractivity contribution < 1.29 is 9.36 Å². The third-order valence-electron chi connectivity index (χ3n) is 3.22. The molecule has 0 radical (unpaired) electrons. The van der Waals surface area contributed by atoms with Gasteiger partial charge in [-0.1, -0.05) is 19.4 Å². The van der Waals surface area contributed by atoms with Crippen LogP contribution >= 0.6 is 15.9 Å². The Morgan fingerprint density at radius 3 is 2.57 bits per heavy atom. The largest absolute Gasteiger partial charge is 0.320 e. The number of aryl methyl sites for hydroxylation is 2. The molecule has 4 heteroatoms. The van der Waals surface area contributed by atoms with Crippen LogP contribution < -0.4 is 9.88 Å². The molecule has 0 spiro atoms. The second-order valence-electron chi connectivity index (χ2n) is 5.16. The summed E-state index contributed by atoms with van der Waals surface area (Å²) in [6, 6.07) is 10.0. The Morgan fingerprint density at radius 2 is 1.95 bits per heavy atom. The Bertz CT molecular complexity index is 623. The van der Waals surface area contributed by atoms with Crippen LogP contribution in [0.25, 0.3) is 0 Å². The lowest BCUT2D eigenvalue weighted by Crippen LogP contribution is -2.39. The van der Waals surface area contributed by atoms with E-state index in [0.29, 0.717) is 6.54 Å². The van der Waals surface area contributed by atoms with Gasteiger partial charge in [0.1, 0.15) is 0 Å². The van der Waals surface area contributed by atoms with Crippen molar-refractivity contribution in [1.29, 1.82) is 0 Å². The van der Waals surface area contributed by atoms with Crippen molar-refractivity contribution in [3.63, 3.8) is 0 Å². The Hall–Kier alpha value is -1.68. The third kappa shape index (κ3) is 4.67. The Morgan fingerprint density at radius 1 is 1.24 bits per heavy atom. The first-order valence-corrected chi connectivity index (χ1v) is 7.91. The molecular weight excluding hydrogens is 328 g/mol. The highest BCUT2D eigenvalue weighted by molar-refractivity contribution is 9.10. The molecule has 0 unspecified atom stereocenters. The van der Waals surface area contributed by atoms with E-state index in [4.69, 9.17) is 0 Å². The van der Waals surface area contributed by atoms with Crippen LogP contribution in [0, 0.1) is 6.92 Å². The number of anilines is 1. The van der Waals surface area contributed by atoms with Gasteiger partial charge in [0.05, 0.1) is 5.69 Å². The minimum absolute atomic E-state index is 0.0344. The van der Waals surface area contributed by atoms with Gasteiger partial charge in [0, 0.05) is 16.6 Å². The van der Waals surface area contributed by atoms with Crippen LogP contribution in [0.15, 0.2) is 47.2 Å². The van der Waals surface area contributed by atoms with Gasteiger partial charge in [-0.2, -0.15) is 4.57 Å². The quantitative estimate of drug-likeness (QED) is 0.823. The molecule has 0 aliphatic heterocycles. The van der Waals surface area contributed by atoms with Gasteiger partial charge in [-0.15, -0.1) is 0 Å². The van der Waals surface area contributed by atoms with Gasteiger partial charge in [0.15, 0.2) is 12.4 Å². The van der Waals surface area contributed by atoms with E-state index in [0.717, 1.165) is 28.6 Å². The number of nitrogens with one attached hydrogen (secondary N) is 1. The number of rotatable bonds is 5. The number of carbonyl (C=O) groups excluding carboxylic acids is 1. The van der Waals surface area contributed by atoms with E-state index in [1.807, 2.05) is 42.1 Å². The van der Waals surface area contributed by atoms with E-state index >= 15 is 0 Å². The number of pyridine rings is 1. The van der Waals surface area contributed by atoms with Crippen LogP contribution in [0.3, 0.4) is 0 Å². The monoisotopic (exact) mass is 347 g/mol. The minimum Gasteiger partial charge on any atom is -0.320 e. The normalized spacial score (nSPS) is 10.4.